The fraction of sp³-hybridized carbons (Fsp3) is 0.451. The maximum Gasteiger partial charge on any atom is 0.328 e. The lowest BCUT2D eigenvalue weighted by Crippen LogP contribution is -2.49. The summed E-state index contributed by atoms with van der Waals surface area (Å²) in [6.07, 6.45) is 3.74. The number of hydrogen-bond donors (Lipinski definition) is 4. The molecule has 4 aliphatic heterocycles. The zero-order chi connectivity index (χ0) is 47.6. The molecular weight excluding hydrogens is 868 g/mol. The summed E-state index contributed by atoms with van der Waals surface area (Å²) in [6, 6.07) is 17.5. The standard InChI is InChI=1S/C51H61FN10O6/c1-31(2)21-37-28-61(29-44(37)63)50(66)56-41-24-38(52)23-39(32(41)3)47-40-25-42(55-48(40)54-30-53-47)35-7-5-33(6-8-35)26-58-17-19-59(20-18-58)27-34-11-14-60(15-12-34)49(65)36-9-10-45(68-4)43(22-36)62-16-13-46(64)57-51(62)67/h5-10,22-25,30-31,34,37,44,63H,11-21,26-29H2,1-4H3,(H,56,66)(H,53,54,55)(H,57,64,67)/t37-,44-/m1/s1. The van der Waals surface area contributed by atoms with Crippen molar-refractivity contribution in [2.24, 2.45) is 17.8 Å². The number of carbonyl (C=O) groups excluding carboxylic acids is 4. The van der Waals surface area contributed by atoms with Gasteiger partial charge in [0.05, 0.1) is 24.6 Å². The Morgan fingerprint density at radius 3 is 2.38 bits per heavy atom. The number of imide groups is 1. The van der Waals surface area contributed by atoms with Gasteiger partial charge in [0.2, 0.25) is 5.91 Å². The lowest BCUT2D eigenvalue weighted by molar-refractivity contribution is -0.120. The van der Waals surface area contributed by atoms with Crippen LogP contribution in [0.15, 0.2) is 67.0 Å². The molecule has 4 N–H and O–H groups in total. The summed E-state index contributed by atoms with van der Waals surface area (Å²) in [4.78, 5) is 73.7. The maximum atomic E-state index is 15.2. The molecule has 3 aromatic carbocycles. The van der Waals surface area contributed by atoms with E-state index in [4.69, 9.17) is 4.74 Å². The van der Waals surface area contributed by atoms with Crippen LogP contribution in [0.1, 0.15) is 61.0 Å². The quantitative estimate of drug-likeness (QED) is 0.105. The number of rotatable bonds is 12. The molecule has 0 spiro atoms. The van der Waals surface area contributed by atoms with Crippen LogP contribution in [-0.2, 0) is 11.3 Å². The summed E-state index contributed by atoms with van der Waals surface area (Å²) < 4.78 is 20.7. The van der Waals surface area contributed by atoms with Crippen LogP contribution < -0.4 is 20.3 Å². The number of ether oxygens (including phenoxy) is 1. The molecule has 4 saturated heterocycles. The van der Waals surface area contributed by atoms with E-state index in [0.717, 1.165) is 75.2 Å². The predicted molar refractivity (Wildman–Crippen MR) is 258 cm³/mol. The Balaban J connectivity index is 0.764. The average molecular weight is 929 g/mol. The first-order valence-corrected chi connectivity index (χ1v) is 23.8. The number of halogens is 1. The summed E-state index contributed by atoms with van der Waals surface area (Å²) >= 11 is 0. The third-order valence-electron chi connectivity index (χ3n) is 14.1. The number of aromatic nitrogens is 3. The largest absolute Gasteiger partial charge is 0.495 e. The molecule has 0 radical (unpaired) electrons. The van der Waals surface area contributed by atoms with Crippen molar-refractivity contribution in [3.8, 4) is 28.3 Å². The minimum absolute atomic E-state index is 0.00972. The Hall–Kier alpha value is -6.43. The van der Waals surface area contributed by atoms with E-state index in [1.54, 1.807) is 23.1 Å². The van der Waals surface area contributed by atoms with Gasteiger partial charge in [-0.2, -0.15) is 0 Å². The van der Waals surface area contributed by atoms with Gasteiger partial charge in [-0.05, 0) is 91.1 Å². The van der Waals surface area contributed by atoms with E-state index in [2.05, 4.69) is 73.5 Å². The molecule has 0 bridgehead atoms. The Bertz CT molecular complexity index is 2680. The summed E-state index contributed by atoms with van der Waals surface area (Å²) in [5, 5.41) is 16.6. The van der Waals surface area contributed by atoms with Gasteiger partial charge in [-0.1, -0.05) is 38.1 Å². The molecule has 2 aromatic heterocycles. The molecule has 4 aliphatic rings. The van der Waals surface area contributed by atoms with E-state index in [1.165, 1.54) is 36.0 Å². The second-order valence-corrected chi connectivity index (χ2v) is 19.2. The van der Waals surface area contributed by atoms with Crippen molar-refractivity contribution in [2.45, 2.75) is 59.1 Å². The Morgan fingerprint density at radius 2 is 1.66 bits per heavy atom. The Labute approximate surface area is 395 Å². The van der Waals surface area contributed by atoms with Gasteiger partial charge in [-0.25, -0.2) is 23.9 Å². The summed E-state index contributed by atoms with van der Waals surface area (Å²) in [5.74, 6) is 0.496. The number of methoxy groups -OCH3 is 1. The predicted octanol–water partition coefficient (Wildman–Crippen LogP) is 6.74. The second-order valence-electron chi connectivity index (χ2n) is 19.2. The first kappa shape index (κ1) is 46.7. The van der Waals surface area contributed by atoms with Gasteiger partial charge in [0, 0.05) is 112 Å². The number of anilines is 2. The van der Waals surface area contributed by atoms with Gasteiger partial charge in [0.1, 0.15) is 23.5 Å². The van der Waals surface area contributed by atoms with Gasteiger partial charge < -0.3 is 34.8 Å². The number of aliphatic hydroxyl groups excluding tert-OH is 1. The number of aromatic amines is 1. The van der Waals surface area contributed by atoms with Crippen LogP contribution in [0.5, 0.6) is 5.75 Å². The van der Waals surface area contributed by atoms with Crippen molar-refractivity contribution in [3.05, 3.63) is 89.5 Å². The number of amides is 6. The first-order valence-electron chi connectivity index (χ1n) is 23.8. The molecule has 358 valence electrons. The van der Waals surface area contributed by atoms with E-state index in [0.29, 0.717) is 76.6 Å². The smallest absolute Gasteiger partial charge is 0.328 e. The summed E-state index contributed by atoms with van der Waals surface area (Å²) in [6.45, 7) is 14.1. The van der Waals surface area contributed by atoms with Crippen molar-refractivity contribution in [2.75, 3.05) is 82.8 Å². The van der Waals surface area contributed by atoms with Crippen LogP contribution in [0, 0.1) is 30.5 Å². The van der Waals surface area contributed by atoms with Crippen LogP contribution in [-0.4, -0.2) is 142 Å². The molecular formula is C51H61FN10O6. The van der Waals surface area contributed by atoms with Gasteiger partial charge >= 0.3 is 12.1 Å². The van der Waals surface area contributed by atoms with E-state index in [1.807, 2.05) is 17.9 Å². The highest BCUT2D eigenvalue weighted by atomic mass is 19.1. The molecule has 5 aromatic rings. The van der Waals surface area contributed by atoms with Crippen LogP contribution in [0.4, 0.5) is 25.4 Å². The van der Waals surface area contributed by atoms with E-state index in [-0.39, 0.29) is 43.3 Å². The molecule has 4 fully saturated rings. The number of piperidine rings is 1. The molecule has 2 atom stereocenters. The van der Waals surface area contributed by atoms with E-state index >= 15 is 4.39 Å². The van der Waals surface area contributed by atoms with E-state index in [9.17, 15) is 24.3 Å². The first-order chi connectivity index (χ1) is 32.8. The van der Waals surface area contributed by atoms with Crippen molar-refractivity contribution in [1.29, 1.82) is 0 Å². The Morgan fingerprint density at radius 1 is 0.912 bits per heavy atom. The molecule has 6 heterocycles. The van der Waals surface area contributed by atoms with Gasteiger partial charge in [0.15, 0.2) is 0 Å². The summed E-state index contributed by atoms with van der Waals surface area (Å²) in [5.41, 5.74) is 6.80. The lowest BCUT2D eigenvalue weighted by Gasteiger charge is -2.39. The van der Waals surface area contributed by atoms with Gasteiger partial charge in [0.25, 0.3) is 5.91 Å². The molecule has 0 unspecified atom stereocenters. The molecule has 17 heteroatoms. The number of aliphatic hydroxyl groups is 1. The molecule has 0 aliphatic carbocycles. The van der Waals surface area contributed by atoms with E-state index < -0.39 is 18.0 Å². The molecule has 16 nitrogen and oxygen atoms in total. The third-order valence-corrected chi connectivity index (χ3v) is 14.1. The van der Waals surface area contributed by atoms with Gasteiger partial charge in [-0.15, -0.1) is 0 Å². The lowest BCUT2D eigenvalue weighted by atomic mass is 9.95. The number of nitrogens with zero attached hydrogens (tertiary/aromatic N) is 7. The second kappa shape index (κ2) is 20.0. The molecule has 0 saturated carbocycles. The summed E-state index contributed by atoms with van der Waals surface area (Å²) in [7, 11) is 1.52. The number of fused-ring (bicyclic) bond motifs is 1. The zero-order valence-electron chi connectivity index (χ0n) is 39.3. The van der Waals surface area contributed by atoms with Crippen LogP contribution in [0.25, 0.3) is 33.5 Å². The van der Waals surface area contributed by atoms with Crippen molar-refractivity contribution in [1.82, 2.24) is 39.9 Å². The number of hydrogen-bond acceptors (Lipinski definition) is 10. The van der Waals surface area contributed by atoms with Crippen molar-refractivity contribution in [3.63, 3.8) is 0 Å². The normalized spacial score (nSPS) is 19.8. The van der Waals surface area contributed by atoms with Gasteiger partial charge in [-0.3, -0.25) is 24.7 Å². The highest BCUT2D eigenvalue weighted by Crippen LogP contribution is 2.36. The number of piperazine rings is 1. The number of likely N-dealkylation sites (tertiary alicyclic amines) is 2. The fourth-order valence-electron chi connectivity index (χ4n) is 10.3. The number of H-pyrrole nitrogens is 1. The van der Waals surface area contributed by atoms with Crippen molar-refractivity contribution < 1.29 is 33.4 Å². The number of urea groups is 2. The minimum atomic E-state index is -0.585. The average Bonchev–Trinajstić information content (AvgIpc) is 3.94. The topological polar surface area (TPSA) is 180 Å². The third kappa shape index (κ3) is 10.2. The number of nitrogens with one attached hydrogen (secondary N) is 3. The highest BCUT2D eigenvalue weighted by Gasteiger charge is 2.35. The molecule has 6 amide bonds. The minimum Gasteiger partial charge on any atom is -0.495 e. The van der Waals surface area contributed by atoms with Crippen molar-refractivity contribution >= 4 is 46.3 Å². The molecule has 68 heavy (non-hydrogen) atoms. The maximum absolute atomic E-state index is 15.2. The zero-order valence-corrected chi connectivity index (χ0v) is 39.3. The monoisotopic (exact) mass is 928 g/mol. The van der Waals surface area contributed by atoms with Crippen LogP contribution in [0.2, 0.25) is 0 Å². The number of carbonyl (C=O) groups is 4. The highest BCUT2D eigenvalue weighted by molar-refractivity contribution is 6.07. The van der Waals surface area contributed by atoms with Crippen LogP contribution in [0.3, 0.4) is 0 Å². The Kier molecular flexibility index (Phi) is 13.8. The number of benzene rings is 3. The van der Waals surface area contributed by atoms with Crippen LogP contribution >= 0.6 is 0 Å². The SMILES string of the molecule is COc1ccc(C(=O)N2CCC(CN3CCN(Cc4ccc(-c5cc6c(-c7cc(F)cc(NC(=O)N8C[C@@H](CC(C)C)[C@H](O)C8)c7C)ncnc6[nH]5)cc4)CC3)CC2)cc1N1CCC(=O)NC1=O. The fourth-order valence-corrected chi connectivity index (χ4v) is 10.3. The molecule has 9 rings (SSSR count). The number of β-amino-alcohol motifs (C(OH)–C–C–N with tert-alkyl or cyclic N) is 1.